The molecule has 3 atom stereocenters. The molecule has 0 aromatic carbocycles. The van der Waals surface area contributed by atoms with Crippen molar-refractivity contribution in [2.24, 2.45) is 11.7 Å². The van der Waals surface area contributed by atoms with Crippen molar-refractivity contribution in [2.75, 3.05) is 12.9 Å². The molecule has 0 saturated heterocycles. The SMILES string of the molecule is COC(=O)C1(N)CC1CCCS(=O)O. The molecule has 3 unspecified atom stereocenters. The summed E-state index contributed by atoms with van der Waals surface area (Å²) in [5, 5.41) is 0. The molecule has 0 aliphatic heterocycles. The Morgan fingerprint density at radius 2 is 2.43 bits per heavy atom. The summed E-state index contributed by atoms with van der Waals surface area (Å²) in [6.07, 6.45) is 1.94. The smallest absolute Gasteiger partial charge is 0.326 e. The summed E-state index contributed by atoms with van der Waals surface area (Å²) in [5.41, 5.74) is 4.92. The van der Waals surface area contributed by atoms with Crippen molar-refractivity contribution in [2.45, 2.75) is 24.8 Å². The van der Waals surface area contributed by atoms with Crippen LogP contribution in [-0.4, -0.2) is 33.1 Å². The van der Waals surface area contributed by atoms with E-state index in [1.165, 1.54) is 7.11 Å². The second-order valence-electron chi connectivity index (χ2n) is 3.60. The van der Waals surface area contributed by atoms with Crippen molar-refractivity contribution < 1.29 is 18.3 Å². The highest BCUT2D eigenvalue weighted by Crippen LogP contribution is 2.45. The van der Waals surface area contributed by atoms with Gasteiger partial charge in [-0.05, 0) is 25.2 Å². The molecule has 5 nitrogen and oxygen atoms in total. The van der Waals surface area contributed by atoms with E-state index in [9.17, 15) is 9.00 Å². The second-order valence-corrected chi connectivity index (χ2v) is 4.65. The van der Waals surface area contributed by atoms with Crippen LogP contribution in [0.5, 0.6) is 0 Å². The van der Waals surface area contributed by atoms with Crippen LogP contribution in [0.25, 0.3) is 0 Å². The Balaban J connectivity index is 2.25. The highest BCUT2D eigenvalue weighted by atomic mass is 32.2. The summed E-state index contributed by atoms with van der Waals surface area (Å²) in [5.74, 6) is -0.0283. The highest BCUT2D eigenvalue weighted by Gasteiger charge is 2.57. The summed E-state index contributed by atoms with van der Waals surface area (Å²) in [6.45, 7) is 0. The number of carbonyl (C=O) groups is 1. The van der Waals surface area contributed by atoms with Crippen LogP contribution in [0.3, 0.4) is 0 Å². The zero-order valence-corrected chi connectivity index (χ0v) is 8.88. The molecule has 14 heavy (non-hydrogen) atoms. The minimum Gasteiger partial charge on any atom is -0.468 e. The van der Waals surface area contributed by atoms with E-state index in [4.69, 9.17) is 10.3 Å². The zero-order valence-electron chi connectivity index (χ0n) is 8.06. The van der Waals surface area contributed by atoms with Crippen molar-refractivity contribution in [3.63, 3.8) is 0 Å². The van der Waals surface area contributed by atoms with Crippen LogP contribution in [-0.2, 0) is 20.6 Å². The van der Waals surface area contributed by atoms with E-state index in [0.717, 1.165) is 0 Å². The molecule has 1 rings (SSSR count). The van der Waals surface area contributed by atoms with Crippen molar-refractivity contribution in [3.8, 4) is 0 Å². The number of methoxy groups -OCH3 is 1. The summed E-state index contributed by atoms with van der Waals surface area (Å²) in [4.78, 5) is 11.1. The molecule has 0 spiro atoms. The molecule has 0 heterocycles. The maximum atomic E-state index is 11.1. The number of nitrogens with two attached hydrogens (primary N) is 1. The minimum atomic E-state index is -1.75. The Labute approximate surface area is 85.3 Å². The summed E-state index contributed by atoms with van der Waals surface area (Å²) < 4.78 is 23.4. The Kier molecular flexibility index (Phi) is 3.63. The molecule has 3 N–H and O–H groups in total. The maximum absolute atomic E-state index is 11.1. The maximum Gasteiger partial charge on any atom is 0.326 e. The molecule has 1 aliphatic rings. The number of ether oxygens (including phenoxy) is 1. The molecule has 1 aliphatic carbocycles. The van der Waals surface area contributed by atoms with Crippen LogP contribution >= 0.6 is 0 Å². The Hall–Kier alpha value is -0.460. The molecule has 0 radical (unpaired) electrons. The molecule has 0 aromatic rings. The van der Waals surface area contributed by atoms with Gasteiger partial charge in [0.15, 0.2) is 11.1 Å². The van der Waals surface area contributed by atoms with Gasteiger partial charge >= 0.3 is 5.97 Å². The molecule has 6 heteroatoms. The van der Waals surface area contributed by atoms with E-state index in [1.807, 2.05) is 0 Å². The van der Waals surface area contributed by atoms with Crippen molar-refractivity contribution in [3.05, 3.63) is 0 Å². The predicted molar refractivity (Wildman–Crippen MR) is 51.9 cm³/mol. The predicted octanol–water partition coefficient (Wildman–Crippen LogP) is -0.121. The van der Waals surface area contributed by atoms with Gasteiger partial charge in [-0.1, -0.05) is 0 Å². The molecule has 0 amide bonds. The fraction of sp³-hybridized carbons (Fsp3) is 0.875. The lowest BCUT2D eigenvalue weighted by atomic mass is 10.1. The third-order valence-corrected chi connectivity index (χ3v) is 3.23. The lowest BCUT2D eigenvalue weighted by Crippen LogP contribution is -2.36. The average Bonchev–Trinajstić information content (AvgIpc) is 2.77. The fourth-order valence-corrected chi connectivity index (χ4v) is 2.02. The van der Waals surface area contributed by atoms with Gasteiger partial charge in [-0.2, -0.15) is 0 Å². The average molecular weight is 221 g/mol. The molecule has 82 valence electrons. The van der Waals surface area contributed by atoms with Crippen molar-refractivity contribution in [1.29, 1.82) is 0 Å². The van der Waals surface area contributed by atoms with Crippen molar-refractivity contribution >= 4 is 17.0 Å². The number of hydrogen-bond donors (Lipinski definition) is 2. The van der Waals surface area contributed by atoms with Gasteiger partial charge in [0.2, 0.25) is 0 Å². The van der Waals surface area contributed by atoms with Gasteiger partial charge in [0.1, 0.15) is 5.54 Å². The lowest BCUT2D eigenvalue weighted by Gasteiger charge is -2.07. The van der Waals surface area contributed by atoms with Crippen LogP contribution < -0.4 is 5.73 Å². The van der Waals surface area contributed by atoms with Crippen LogP contribution in [0.2, 0.25) is 0 Å². The van der Waals surface area contributed by atoms with Crippen LogP contribution in [0.4, 0.5) is 0 Å². The molecule has 1 fully saturated rings. The first-order valence-electron chi connectivity index (χ1n) is 4.45. The van der Waals surface area contributed by atoms with E-state index in [0.29, 0.717) is 19.3 Å². The standard InChI is InChI=1S/C8H15NO4S/c1-13-7(10)8(9)5-6(8)3-2-4-14(11)12/h6H,2-5,9H2,1H3,(H,11,12). The monoisotopic (exact) mass is 221 g/mol. The summed E-state index contributed by atoms with van der Waals surface area (Å²) >= 11 is -1.75. The third kappa shape index (κ3) is 2.52. The third-order valence-electron chi connectivity index (χ3n) is 2.59. The van der Waals surface area contributed by atoms with Crippen molar-refractivity contribution in [1.82, 2.24) is 0 Å². The van der Waals surface area contributed by atoms with E-state index in [1.54, 1.807) is 0 Å². The molecular weight excluding hydrogens is 206 g/mol. The number of esters is 1. The van der Waals surface area contributed by atoms with Gasteiger partial charge in [0, 0.05) is 5.75 Å². The Morgan fingerprint density at radius 1 is 1.79 bits per heavy atom. The number of rotatable bonds is 5. The number of carbonyl (C=O) groups excluding carboxylic acids is 1. The normalized spacial score (nSPS) is 32.4. The van der Waals surface area contributed by atoms with Gasteiger partial charge in [0.25, 0.3) is 0 Å². The fourth-order valence-electron chi connectivity index (χ4n) is 1.60. The first-order valence-corrected chi connectivity index (χ1v) is 5.73. The molecule has 0 bridgehead atoms. The molecule has 0 aromatic heterocycles. The van der Waals surface area contributed by atoms with E-state index < -0.39 is 16.6 Å². The Bertz CT molecular complexity index is 258. The van der Waals surface area contributed by atoms with E-state index in [-0.39, 0.29) is 17.6 Å². The quantitative estimate of drug-likeness (QED) is 0.499. The first-order chi connectivity index (χ1) is 6.50. The van der Waals surface area contributed by atoms with Crippen LogP contribution in [0.1, 0.15) is 19.3 Å². The van der Waals surface area contributed by atoms with Gasteiger partial charge in [-0.25, -0.2) is 4.21 Å². The Morgan fingerprint density at radius 3 is 2.93 bits per heavy atom. The molecular formula is C8H15NO4S. The minimum absolute atomic E-state index is 0.110. The van der Waals surface area contributed by atoms with Gasteiger partial charge in [-0.3, -0.25) is 4.79 Å². The van der Waals surface area contributed by atoms with Crippen LogP contribution in [0, 0.1) is 5.92 Å². The van der Waals surface area contributed by atoms with E-state index >= 15 is 0 Å². The topological polar surface area (TPSA) is 89.6 Å². The van der Waals surface area contributed by atoms with Crippen LogP contribution in [0.15, 0.2) is 0 Å². The van der Waals surface area contributed by atoms with Gasteiger partial charge < -0.3 is 15.0 Å². The number of hydrogen-bond acceptors (Lipinski definition) is 4. The zero-order chi connectivity index (χ0) is 10.8. The lowest BCUT2D eigenvalue weighted by molar-refractivity contribution is -0.143. The van der Waals surface area contributed by atoms with Gasteiger partial charge in [0.05, 0.1) is 7.11 Å². The highest BCUT2D eigenvalue weighted by molar-refractivity contribution is 7.79. The molecule has 1 saturated carbocycles. The largest absolute Gasteiger partial charge is 0.468 e. The second kappa shape index (κ2) is 4.37. The first kappa shape index (κ1) is 11.6. The van der Waals surface area contributed by atoms with Gasteiger partial charge in [-0.15, -0.1) is 0 Å². The summed E-state index contributed by atoms with van der Waals surface area (Å²) in [7, 11) is 1.31. The summed E-state index contributed by atoms with van der Waals surface area (Å²) in [6, 6.07) is 0. The van der Waals surface area contributed by atoms with E-state index in [2.05, 4.69) is 4.74 Å².